The van der Waals surface area contributed by atoms with Crippen LogP contribution >= 0.6 is 0 Å². The van der Waals surface area contributed by atoms with Crippen LogP contribution in [0.4, 0.5) is 0 Å². The van der Waals surface area contributed by atoms with Gasteiger partial charge in [0.2, 0.25) is 0 Å². The minimum atomic E-state index is 0.177. The summed E-state index contributed by atoms with van der Waals surface area (Å²) in [7, 11) is 0. The van der Waals surface area contributed by atoms with Crippen molar-refractivity contribution in [1.82, 2.24) is 0 Å². The van der Waals surface area contributed by atoms with E-state index >= 15 is 0 Å². The molecule has 128 valence electrons. The largest absolute Gasteiger partial charge is 0.0629 e. The van der Waals surface area contributed by atoms with Crippen LogP contribution in [0.3, 0.4) is 0 Å². The van der Waals surface area contributed by atoms with Crippen LogP contribution in [0.2, 0.25) is 0 Å². The molecule has 0 nitrogen and oxygen atoms in total. The van der Waals surface area contributed by atoms with Gasteiger partial charge in [-0.15, -0.1) is 0 Å². The number of allylic oxidation sites excluding steroid dienone is 10. The van der Waals surface area contributed by atoms with Gasteiger partial charge in [0.15, 0.2) is 0 Å². The Labute approximate surface area is 148 Å². The van der Waals surface area contributed by atoms with Gasteiger partial charge in [0.25, 0.3) is 0 Å². The number of hydrogen-bond acceptors (Lipinski definition) is 0. The van der Waals surface area contributed by atoms with Crippen molar-refractivity contribution in [2.75, 3.05) is 0 Å². The predicted molar refractivity (Wildman–Crippen MR) is 104 cm³/mol. The van der Waals surface area contributed by atoms with Gasteiger partial charge in [0, 0.05) is 10.8 Å². The van der Waals surface area contributed by atoms with E-state index in [9.17, 15) is 0 Å². The Morgan fingerprint density at radius 2 is 1.42 bits per heavy atom. The molecule has 4 rings (SSSR count). The molecule has 24 heavy (non-hydrogen) atoms. The molecule has 0 aromatic heterocycles. The summed E-state index contributed by atoms with van der Waals surface area (Å²) in [5.41, 5.74) is 13.6. The summed E-state index contributed by atoms with van der Waals surface area (Å²) < 4.78 is 0. The molecule has 0 spiro atoms. The molecular weight excluding hydrogens is 288 g/mol. The van der Waals surface area contributed by atoms with Crippen LogP contribution in [0.15, 0.2) is 56.7 Å². The highest BCUT2D eigenvalue weighted by atomic mass is 14.5. The lowest BCUT2D eigenvalue weighted by Gasteiger charge is -2.36. The van der Waals surface area contributed by atoms with Crippen LogP contribution in [-0.4, -0.2) is 0 Å². The van der Waals surface area contributed by atoms with Crippen LogP contribution in [0.25, 0.3) is 0 Å². The Hall–Kier alpha value is -1.30. The van der Waals surface area contributed by atoms with Crippen molar-refractivity contribution in [3.05, 3.63) is 56.7 Å². The van der Waals surface area contributed by atoms with Crippen LogP contribution in [-0.2, 0) is 0 Å². The summed E-state index contributed by atoms with van der Waals surface area (Å²) >= 11 is 0. The zero-order valence-corrected chi connectivity index (χ0v) is 16.7. The van der Waals surface area contributed by atoms with E-state index < -0.39 is 0 Å². The molecule has 0 bridgehead atoms. The molecule has 4 aliphatic carbocycles. The monoisotopic (exact) mass is 320 g/mol. The smallest absolute Gasteiger partial charge is 0.0155 e. The van der Waals surface area contributed by atoms with Crippen LogP contribution < -0.4 is 0 Å². The Kier molecular flexibility index (Phi) is 3.14. The maximum Gasteiger partial charge on any atom is 0.0155 e. The standard InChI is InChI=1S/C24H32/c1-13(2)15-9-17-18-10-16-12-19(14(3)4)23(5,6)21(16)22(18)24(7,8)20(17)11-15/h11-14H,9-10H2,1-8H3. The molecular formula is C24H32. The first-order chi connectivity index (χ1) is 11.1. The highest BCUT2D eigenvalue weighted by Crippen LogP contribution is 2.65. The van der Waals surface area contributed by atoms with E-state index in [1.807, 2.05) is 0 Å². The lowest BCUT2D eigenvalue weighted by atomic mass is 9.68. The molecule has 0 atom stereocenters. The fraction of sp³-hybridized carbons (Fsp3) is 0.583. The van der Waals surface area contributed by atoms with Gasteiger partial charge >= 0.3 is 0 Å². The van der Waals surface area contributed by atoms with E-state index in [2.05, 4.69) is 67.5 Å². The summed E-state index contributed by atoms with van der Waals surface area (Å²) in [5.74, 6) is 1.30. The molecule has 0 unspecified atom stereocenters. The first kappa shape index (κ1) is 16.2. The van der Waals surface area contributed by atoms with Crippen LogP contribution in [0.1, 0.15) is 68.2 Å². The van der Waals surface area contributed by atoms with Crippen molar-refractivity contribution in [3.8, 4) is 0 Å². The molecule has 0 aliphatic heterocycles. The predicted octanol–water partition coefficient (Wildman–Crippen LogP) is 6.93. The molecule has 0 saturated heterocycles. The molecule has 0 saturated carbocycles. The highest BCUT2D eigenvalue weighted by Gasteiger charge is 2.51. The second-order valence-electron chi connectivity index (χ2n) is 9.88. The Balaban J connectivity index is 1.77. The van der Waals surface area contributed by atoms with Crippen molar-refractivity contribution in [2.45, 2.75) is 68.2 Å². The zero-order chi connectivity index (χ0) is 17.6. The number of fused-ring (bicyclic) bond motifs is 2. The van der Waals surface area contributed by atoms with Gasteiger partial charge in [0.1, 0.15) is 0 Å². The minimum absolute atomic E-state index is 0.177. The zero-order valence-electron chi connectivity index (χ0n) is 16.7. The van der Waals surface area contributed by atoms with Gasteiger partial charge < -0.3 is 0 Å². The third kappa shape index (κ3) is 1.81. The molecule has 0 fully saturated rings. The van der Waals surface area contributed by atoms with E-state index in [0.29, 0.717) is 11.8 Å². The van der Waals surface area contributed by atoms with Gasteiger partial charge in [0.05, 0.1) is 0 Å². The van der Waals surface area contributed by atoms with Gasteiger partial charge in [-0.25, -0.2) is 0 Å². The Morgan fingerprint density at radius 3 is 2.00 bits per heavy atom. The average Bonchev–Trinajstić information content (AvgIpc) is 3.13. The third-order valence-electron chi connectivity index (χ3n) is 6.98. The molecule has 0 N–H and O–H groups in total. The average molecular weight is 321 g/mol. The molecule has 0 heteroatoms. The highest BCUT2D eigenvalue weighted by molar-refractivity contribution is 5.75. The van der Waals surface area contributed by atoms with E-state index in [4.69, 9.17) is 0 Å². The lowest BCUT2D eigenvalue weighted by Crippen LogP contribution is -2.25. The Bertz CT molecular complexity index is 795. The van der Waals surface area contributed by atoms with Gasteiger partial charge in [-0.05, 0) is 58.1 Å². The van der Waals surface area contributed by atoms with Crippen molar-refractivity contribution >= 4 is 0 Å². The Morgan fingerprint density at radius 1 is 0.750 bits per heavy atom. The quantitative estimate of drug-likeness (QED) is 0.517. The number of hydrogen-bond donors (Lipinski definition) is 0. The van der Waals surface area contributed by atoms with Crippen molar-refractivity contribution in [3.63, 3.8) is 0 Å². The summed E-state index contributed by atoms with van der Waals surface area (Å²) in [6.45, 7) is 19.2. The van der Waals surface area contributed by atoms with E-state index in [1.165, 1.54) is 12.8 Å². The topological polar surface area (TPSA) is 0 Å². The van der Waals surface area contributed by atoms with Crippen molar-refractivity contribution < 1.29 is 0 Å². The first-order valence-corrected chi connectivity index (χ1v) is 9.71. The molecule has 4 aliphatic rings. The van der Waals surface area contributed by atoms with Gasteiger partial charge in [-0.2, -0.15) is 0 Å². The third-order valence-corrected chi connectivity index (χ3v) is 6.98. The SMILES string of the molecule is CC(C)C1=CC2=C(C1)C1=C(C3=C(C=C(C(C)C)C3(C)C)C1)C2(C)C. The second-order valence-corrected chi connectivity index (χ2v) is 9.88. The van der Waals surface area contributed by atoms with Gasteiger partial charge in [-0.3, -0.25) is 0 Å². The molecule has 0 aromatic carbocycles. The fourth-order valence-electron chi connectivity index (χ4n) is 5.82. The normalized spacial score (nSPS) is 26.6. The summed E-state index contributed by atoms with van der Waals surface area (Å²) in [6, 6.07) is 0. The van der Waals surface area contributed by atoms with E-state index in [0.717, 1.165) is 0 Å². The summed E-state index contributed by atoms with van der Waals surface area (Å²) in [6.07, 6.45) is 7.44. The fourth-order valence-corrected chi connectivity index (χ4v) is 5.82. The van der Waals surface area contributed by atoms with E-state index in [-0.39, 0.29) is 10.8 Å². The van der Waals surface area contributed by atoms with Crippen LogP contribution in [0.5, 0.6) is 0 Å². The first-order valence-electron chi connectivity index (χ1n) is 9.71. The number of rotatable bonds is 2. The second kappa shape index (κ2) is 4.65. The van der Waals surface area contributed by atoms with Crippen LogP contribution in [0, 0.1) is 22.7 Å². The summed E-state index contributed by atoms with van der Waals surface area (Å²) in [4.78, 5) is 0. The molecule has 0 heterocycles. The molecule has 0 amide bonds. The van der Waals surface area contributed by atoms with Crippen molar-refractivity contribution in [1.29, 1.82) is 0 Å². The molecule has 0 aromatic rings. The minimum Gasteiger partial charge on any atom is -0.0629 e. The maximum atomic E-state index is 2.54. The van der Waals surface area contributed by atoms with E-state index in [1.54, 1.807) is 44.6 Å². The lowest BCUT2D eigenvalue weighted by molar-refractivity contribution is 0.464. The molecule has 0 radical (unpaired) electrons. The maximum absolute atomic E-state index is 2.54. The van der Waals surface area contributed by atoms with Gasteiger partial charge in [-0.1, -0.05) is 78.7 Å². The van der Waals surface area contributed by atoms with Crippen molar-refractivity contribution in [2.24, 2.45) is 22.7 Å². The summed E-state index contributed by atoms with van der Waals surface area (Å²) in [5, 5.41) is 0.